The minimum atomic E-state index is 0.272. The van der Waals surface area contributed by atoms with E-state index in [4.69, 9.17) is 13.9 Å². The first-order valence-corrected chi connectivity index (χ1v) is 7.52. The SMILES string of the molecule is c1ccc2c(c1)OCCC2Cc1nnc(C2CCOC2)o1. The molecule has 4 rings (SSSR count). The molecule has 2 aliphatic heterocycles. The van der Waals surface area contributed by atoms with Gasteiger partial charge < -0.3 is 13.9 Å². The lowest BCUT2D eigenvalue weighted by molar-refractivity contribution is 0.190. The molecule has 1 aromatic carbocycles. The molecule has 110 valence electrons. The van der Waals surface area contributed by atoms with Gasteiger partial charge in [-0.3, -0.25) is 0 Å². The average molecular weight is 286 g/mol. The quantitative estimate of drug-likeness (QED) is 0.868. The summed E-state index contributed by atoms with van der Waals surface area (Å²) < 4.78 is 16.9. The van der Waals surface area contributed by atoms with E-state index < -0.39 is 0 Å². The fourth-order valence-corrected chi connectivity index (χ4v) is 3.08. The van der Waals surface area contributed by atoms with Crippen LogP contribution in [0.5, 0.6) is 5.75 Å². The molecule has 1 fully saturated rings. The van der Waals surface area contributed by atoms with Crippen LogP contribution in [0.15, 0.2) is 28.7 Å². The molecule has 0 spiro atoms. The summed E-state index contributed by atoms with van der Waals surface area (Å²) >= 11 is 0. The molecule has 1 aromatic heterocycles. The van der Waals surface area contributed by atoms with Crippen LogP contribution in [0.4, 0.5) is 0 Å². The van der Waals surface area contributed by atoms with Crippen LogP contribution in [-0.4, -0.2) is 30.0 Å². The van der Waals surface area contributed by atoms with Crippen LogP contribution < -0.4 is 4.74 Å². The summed E-state index contributed by atoms with van der Waals surface area (Å²) in [6, 6.07) is 8.21. The van der Waals surface area contributed by atoms with Gasteiger partial charge in [0.25, 0.3) is 0 Å². The van der Waals surface area contributed by atoms with Crippen molar-refractivity contribution >= 4 is 0 Å². The van der Waals surface area contributed by atoms with E-state index in [1.54, 1.807) is 0 Å². The summed E-state index contributed by atoms with van der Waals surface area (Å²) in [6.07, 6.45) is 2.74. The van der Waals surface area contributed by atoms with Gasteiger partial charge in [-0.05, 0) is 30.4 Å². The maximum Gasteiger partial charge on any atom is 0.222 e. The number of nitrogens with zero attached hydrogens (tertiary/aromatic N) is 2. The first-order chi connectivity index (χ1) is 10.4. The van der Waals surface area contributed by atoms with Crippen molar-refractivity contribution in [1.29, 1.82) is 0 Å². The van der Waals surface area contributed by atoms with Crippen molar-refractivity contribution in [2.45, 2.75) is 31.1 Å². The van der Waals surface area contributed by atoms with Gasteiger partial charge in [0, 0.05) is 13.0 Å². The smallest absolute Gasteiger partial charge is 0.222 e. The molecular weight excluding hydrogens is 268 g/mol. The Morgan fingerprint density at radius 1 is 1.10 bits per heavy atom. The molecule has 2 aliphatic rings. The van der Waals surface area contributed by atoms with Crippen molar-refractivity contribution in [3.05, 3.63) is 41.6 Å². The van der Waals surface area contributed by atoms with E-state index in [1.165, 1.54) is 5.56 Å². The molecule has 2 atom stereocenters. The molecule has 5 heteroatoms. The summed E-state index contributed by atoms with van der Waals surface area (Å²) in [4.78, 5) is 0. The number of para-hydroxylation sites is 1. The van der Waals surface area contributed by atoms with E-state index in [1.807, 2.05) is 12.1 Å². The summed E-state index contributed by atoms with van der Waals surface area (Å²) in [5.41, 5.74) is 1.24. The average Bonchev–Trinajstić information content (AvgIpc) is 3.18. The zero-order valence-corrected chi connectivity index (χ0v) is 11.8. The maximum absolute atomic E-state index is 5.84. The molecule has 2 aromatic rings. The van der Waals surface area contributed by atoms with Crippen LogP contribution in [0, 0.1) is 0 Å². The predicted octanol–water partition coefficient (Wildman–Crippen LogP) is 2.68. The topological polar surface area (TPSA) is 57.4 Å². The van der Waals surface area contributed by atoms with Crippen LogP contribution in [-0.2, 0) is 11.2 Å². The highest BCUT2D eigenvalue weighted by atomic mass is 16.5. The van der Waals surface area contributed by atoms with E-state index in [-0.39, 0.29) is 5.92 Å². The lowest BCUT2D eigenvalue weighted by Gasteiger charge is -2.24. The highest BCUT2D eigenvalue weighted by Crippen LogP contribution is 2.35. The van der Waals surface area contributed by atoms with Crippen LogP contribution in [0.1, 0.15) is 42.0 Å². The Morgan fingerprint density at radius 2 is 2.05 bits per heavy atom. The summed E-state index contributed by atoms with van der Waals surface area (Å²) in [7, 11) is 0. The van der Waals surface area contributed by atoms with E-state index in [9.17, 15) is 0 Å². The Balaban J connectivity index is 1.51. The third-order valence-corrected chi connectivity index (χ3v) is 4.27. The van der Waals surface area contributed by atoms with E-state index in [2.05, 4.69) is 22.3 Å². The zero-order chi connectivity index (χ0) is 14.1. The molecule has 5 nitrogen and oxygen atoms in total. The first-order valence-electron chi connectivity index (χ1n) is 7.52. The number of ether oxygens (including phenoxy) is 2. The highest BCUT2D eigenvalue weighted by molar-refractivity contribution is 5.38. The van der Waals surface area contributed by atoms with Crippen molar-refractivity contribution in [2.75, 3.05) is 19.8 Å². The first kappa shape index (κ1) is 12.8. The minimum Gasteiger partial charge on any atom is -0.493 e. The van der Waals surface area contributed by atoms with Gasteiger partial charge >= 0.3 is 0 Å². The Hall–Kier alpha value is -1.88. The van der Waals surface area contributed by atoms with Gasteiger partial charge in [0.05, 0.1) is 19.1 Å². The maximum atomic E-state index is 5.84. The second-order valence-corrected chi connectivity index (χ2v) is 5.67. The molecule has 2 unspecified atom stereocenters. The predicted molar refractivity (Wildman–Crippen MR) is 75.5 cm³/mol. The monoisotopic (exact) mass is 286 g/mol. The van der Waals surface area contributed by atoms with Crippen molar-refractivity contribution in [3.63, 3.8) is 0 Å². The van der Waals surface area contributed by atoms with E-state index >= 15 is 0 Å². The normalized spacial score (nSPS) is 24.6. The molecule has 0 N–H and O–H groups in total. The van der Waals surface area contributed by atoms with Gasteiger partial charge in [-0.2, -0.15) is 0 Å². The number of rotatable bonds is 3. The third kappa shape index (κ3) is 2.53. The van der Waals surface area contributed by atoms with Gasteiger partial charge in [-0.15, -0.1) is 10.2 Å². The fraction of sp³-hybridized carbons (Fsp3) is 0.500. The van der Waals surface area contributed by atoms with E-state index in [0.29, 0.717) is 12.5 Å². The minimum absolute atomic E-state index is 0.272. The molecule has 1 saturated heterocycles. The largest absolute Gasteiger partial charge is 0.493 e. The van der Waals surface area contributed by atoms with Gasteiger partial charge in [0.2, 0.25) is 11.8 Å². The van der Waals surface area contributed by atoms with Crippen molar-refractivity contribution < 1.29 is 13.9 Å². The number of benzene rings is 1. The number of fused-ring (bicyclic) bond motifs is 1. The van der Waals surface area contributed by atoms with Crippen molar-refractivity contribution in [2.24, 2.45) is 0 Å². The summed E-state index contributed by atoms with van der Waals surface area (Å²) in [5.74, 6) is 3.09. The van der Waals surface area contributed by atoms with Gasteiger partial charge in [0.15, 0.2) is 0 Å². The zero-order valence-electron chi connectivity index (χ0n) is 11.8. The van der Waals surface area contributed by atoms with Gasteiger partial charge in [-0.25, -0.2) is 0 Å². The lowest BCUT2D eigenvalue weighted by atomic mass is 9.90. The Morgan fingerprint density at radius 3 is 2.95 bits per heavy atom. The summed E-state index contributed by atoms with van der Waals surface area (Å²) in [6.45, 7) is 2.23. The molecule has 0 amide bonds. The van der Waals surface area contributed by atoms with Crippen LogP contribution in [0.2, 0.25) is 0 Å². The van der Waals surface area contributed by atoms with E-state index in [0.717, 1.165) is 50.0 Å². The Bertz CT molecular complexity index is 619. The molecule has 3 heterocycles. The molecule has 0 bridgehead atoms. The molecule has 21 heavy (non-hydrogen) atoms. The third-order valence-electron chi connectivity index (χ3n) is 4.27. The molecule has 0 radical (unpaired) electrons. The highest BCUT2D eigenvalue weighted by Gasteiger charge is 2.26. The molecular formula is C16H18N2O3. The number of hydrogen-bond donors (Lipinski definition) is 0. The van der Waals surface area contributed by atoms with Crippen LogP contribution in [0.25, 0.3) is 0 Å². The standard InChI is InChI=1S/C16H18N2O3/c1-2-4-14-13(3-1)11(6-8-20-14)9-15-17-18-16(21-15)12-5-7-19-10-12/h1-4,11-12H,5-10H2. The van der Waals surface area contributed by atoms with Crippen LogP contribution in [0.3, 0.4) is 0 Å². The Kier molecular flexibility index (Phi) is 3.35. The van der Waals surface area contributed by atoms with Gasteiger partial charge in [0.1, 0.15) is 5.75 Å². The molecule has 0 saturated carbocycles. The van der Waals surface area contributed by atoms with Crippen molar-refractivity contribution in [3.8, 4) is 5.75 Å². The molecule has 0 aliphatic carbocycles. The van der Waals surface area contributed by atoms with Crippen molar-refractivity contribution in [1.82, 2.24) is 10.2 Å². The lowest BCUT2D eigenvalue weighted by Crippen LogP contribution is -2.16. The van der Waals surface area contributed by atoms with Gasteiger partial charge in [-0.1, -0.05) is 18.2 Å². The fourth-order valence-electron chi connectivity index (χ4n) is 3.08. The second kappa shape index (κ2) is 5.48. The second-order valence-electron chi connectivity index (χ2n) is 5.67. The summed E-state index contributed by atoms with van der Waals surface area (Å²) in [5, 5.41) is 8.41. The van der Waals surface area contributed by atoms with Crippen LogP contribution >= 0.6 is 0 Å². The number of hydrogen-bond acceptors (Lipinski definition) is 5. The Labute approximate surface area is 123 Å². The number of aromatic nitrogens is 2.